The number of rotatable bonds is 4. The van der Waals surface area contributed by atoms with Crippen molar-refractivity contribution in [1.82, 2.24) is 5.43 Å². The minimum Gasteiger partial charge on any atom is -0.290 e. The Morgan fingerprint density at radius 3 is 2.65 bits per heavy atom. The summed E-state index contributed by atoms with van der Waals surface area (Å²) in [5, 5.41) is 0. The number of nitrogen functional groups attached to an aromatic ring is 1. The lowest BCUT2D eigenvalue weighted by Crippen LogP contribution is -2.31. The lowest BCUT2D eigenvalue weighted by atomic mass is 10.2. The van der Waals surface area contributed by atoms with E-state index in [2.05, 4.69) is 15.9 Å². The van der Waals surface area contributed by atoms with Gasteiger partial charge in [-0.25, -0.2) is 14.3 Å². The molecule has 6 nitrogen and oxygen atoms in total. The molecule has 0 fully saturated rings. The van der Waals surface area contributed by atoms with Gasteiger partial charge in [0.2, 0.25) is 6.29 Å². The van der Waals surface area contributed by atoms with Crippen molar-refractivity contribution in [3.8, 4) is 0 Å². The molecule has 3 N–H and O–H groups in total. The molecule has 8 heteroatoms. The Morgan fingerprint density at radius 2 is 2.12 bits per heavy atom. The van der Waals surface area contributed by atoms with Gasteiger partial charge >= 0.3 is 0 Å². The molecule has 0 atom stereocenters. The van der Waals surface area contributed by atoms with Gasteiger partial charge in [0.25, 0.3) is 5.91 Å². The number of hydrogen-bond acceptors (Lipinski definition) is 5. The van der Waals surface area contributed by atoms with E-state index in [4.69, 9.17) is 5.84 Å². The first kappa shape index (κ1) is 13.8. The van der Waals surface area contributed by atoms with Gasteiger partial charge in [0.05, 0.1) is 10.5 Å². The van der Waals surface area contributed by atoms with Gasteiger partial charge in [-0.2, -0.15) is 0 Å². The van der Waals surface area contributed by atoms with Crippen LogP contribution in [0.2, 0.25) is 0 Å². The van der Waals surface area contributed by atoms with Crippen molar-refractivity contribution in [2.75, 3.05) is 5.75 Å². The fraction of sp³-hybridized carbons (Fsp3) is 0.111. The number of hydrogen-bond donors (Lipinski definition) is 2. The smallest absolute Gasteiger partial charge is 0.267 e. The molecule has 0 unspecified atom stereocenters. The average molecular weight is 320 g/mol. The van der Waals surface area contributed by atoms with Gasteiger partial charge in [-0.15, -0.1) is 0 Å². The first-order valence-corrected chi connectivity index (χ1v) is 6.75. The van der Waals surface area contributed by atoms with E-state index < -0.39 is 21.5 Å². The Balaban J connectivity index is 3.49. The molecule has 0 saturated carbocycles. The van der Waals surface area contributed by atoms with Crippen LogP contribution in [0.5, 0.6) is 0 Å². The van der Waals surface area contributed by atoms with Gasteiger partial charge in [0.1, 0.15) is 5.75 Å². The fourth-order valence-electron chi connectivity index (χ4n) is 1.21. The van der Waals surface area contributed by atoms with Crippen LogP contribution < -0.4 is 11.3 Å². The molecular weight excluding hydrogens is 312 g/mol. The second-order valence-corrected chi connectivity index (χ2v) is 5.80. The highest BCUT2D eigenvalue weighted by Crippen LogP contribution is 2.24. The molecule has 0 aliphatic rings. The van der Waals surface area contributed by atoms with Crippen molar-refractivity contribution < 1.29 is 18.0 Å². The number of benzene rings is 1. The van der Waals surface area contributed by atoms with Crippen LogP contribution in [0.15, 0.2) is 27.6 Å². The predicted octanol–water partition coefficient (Wildman–Crippen LogP) is -0.0640. The van der Waals surface area contributed by atoms with E-state index >= 15 is 0 Å². The van der Waals surface area contributed by atoms with Crippen LogP contribution in [0.4, 0.5) is 0 Å². The van der Waals surface area contributed by atoms with E-state index in [1.54, 1.807) is 0 Å². The van der Waals surface area contributed by atoms with Gasteiger partial charge in [-0.05, 0) is 28.1 Å². The fourth-order valence-corrected chi connectivity index (χ4v) is 3.00. The Hall–Kier alpha value is -1.25. The summed E-state index contributed by atoms with van der Waals surface area (Å²) < 4.78 is 23.7. The Kier molecular flexibility index (Phi) is 4.38. The molecule has 0 saturated heterocycles. The number of carbonyl (C=O) groups is 1. The summed E-state index contributed by atoms with van der Waals surface area (Å²) >= 11 is 3.05. The second-order valence-electron chi connectivity index (χ2n) is 2.99. The lowest BCUT2D eigenvalue weighted by molar-refractivity contribution is 0.0949. The van der Waals surface area contributed by atoms with Gasteiger partial charge in [0, 0.05) is 4.47 Å². The molecule has 91 valence electrons. The summed E-state index contributed by atoms with van der Waals surface area (Å²) in [5.41, 5.74) is 1.71. The summed E-state index contributed by atoms with van der Waals surface area (Å²) in [6.45, 7) is 0. The maximum Gasteiger partial charge on any atom is 0.267 e. The van der Waals surface area contributed by atoms with Crippen LogP contribution in [0.1, 0.15) is 10.4 Å². The molecule has 0 aliphatic heterocycles. The third-order valence-electron chi connectivity index (χ3n) is 1.92. The second kappa shape index (κ2) is 5.39. The number of nitrogens with two attached hydrogens (primary N) is 1. The number of carbonyl (C=O) groups excluding carboxylic acids is 2. The van der Waals surface area contributed by atoms with E-state index in [1.807, 2.05) is 5.43 Å². The molecule has 1 aromatic rings. The number of sulfone groups is 1. The van der Waals surface area contributed by atoms with Crippen molar-refractivity contribution in [3.63, 3.8) is 0 Å². The quantitative estimate of drug-likeness (QED) is 0.459. The van der Waals surface area contributed by atoms with Crippen LogP contribution in [-0.4, -0.2) is 26.4 Å². The predicted molar refractivity (Wildman–Crippen MR) is 63.5 cm³/mol. The van der Waals surface area contributed by atoms with Crippen molar-refractivity contribution in [3.05, 3.63) is 28.2 Å². The van der Waals surface area contributed by atoms with Gasteiger partial charge in [-0.1, -0.05) is 6.07 Å². The molecular formula is C9H8BrN2O4S. The number of nitrogens with one attached hydrogen (secondary N) is 1. The Labute approximate surface area is 106 Å². The highest BCUT2D eigenvalue weighted by atomic mass is 79.9. The van der Waals surface area contributed by atoms with Crippen molar-refractivity contribution in [1.29, 1.82) is 0 Å². The minimum atomic E-state index is -3.89. The van der Waals surface area contributed by atoms with Crippen molar-refractivity contribution in [2.24, 2.45) is 5.84 Å². The number of amides is 1. The lowest BCUT2D eigenvalue weighted by Gasteiger charge is -2.09. The summed E-state index contributed by atoms with van der Waals surface area (Å²) in [5.74, 6) is 3.39. The van der Waals surface area contributed by atoms with Crippen LogP contribution >= 0.6 is 15.9 Å². The van der Waals surface area contributed by atoms with Gasteiger partial charge < -0.3 is 0 Å². The van der Waals surface area contributed by atoms with E-state index in [9.17, 15) is 18.0 Å². The molecule has 0 heterocycles. The van der Waals surface area contributed by atoms with Crippen LogP contribution in [0.3, 0.4) is 0 Å². The third-order valence-corrected chi connectivity index (χ3v) is 4.09. The highest BCUT2D eigenvalue weighted by Gasteiger charge is 2.24. The monoisotopic (exact) mass is 319 g/mol. The summed E-state index contributed by atoms with van der Waals surface area (Å²) in [6.07, 6.45) is 1.29. The Morgan fingerprint density at radius 1 is 1.47 bits per heavy atom. The van der Waals surface area contributed by atoms with E-state index in [0.717, 1.165) is 0 Å². The Bertz CT molecular complexity index is 556. The van der Waals surface area contributed by atoms with Crippen LogP contribution in [0.25, 0.3) is 0 Å². The minimum absolute atomic E-state index is 0.134. The summed E-state index contributed by atoms with van der Waals surface area (Å²) in [7, 11) is -3.89. The van der Waals surface area contributed by atoms with E-state index in [-0.39, 0.29) is 14.9 Å². The number of hydrazine groups is 1. The molecule has 0 bridgehead atoms. The van der Waals surface area contributed by atoms with Crippen LogP contribution in [0, 0.1) is 0 Å². The maximum absolute atomic E-state index is 11.7. The molecule has 1 amide bonds. The molecule has 0 aliphatic carbocycles. The molecule has 1 aromatic carbocycles. The first-order valence-electron chi connectivity index (χ1n) is 4.31. The van der Waals surface area contributed by atoms with E-state index in [1.165, 1.54) is 24.5 Å². The number of halogens is 1. The maximum atomic E-state index is 11.7. The third kappa shape index (κ3) is 2.90. The molecule has 0 aromatic heterocycles. The van der Waals surface area contributed by atoms with E-state index in [0.29, 0.717) is 0 Å². The summed E-state index contributed by atoms with van der Waals surface area (Å²) in [6, 6.07) is 4.16. The zero-order valence-electron chi connectivity index (χ0n) is 8.44. The summed E-state index contributed by atoms with van der Waals surface area (Å²) in [4.78, 5) is 21.4. The molecule has 1 radical (unpaired) electrons. The van der Waals surface area contributed by atoms with Crippen LogP contribution in [-0.2, 0) is 14.6 Å². The van der Waals surface area contributed by atoms with Crippen molar-refractivity contribution in [2.45, 2.75) is 4.90 Å². The molecule has 0 spiro atoms. The zero-order valence-corrected chi connectivity index (χ0v) is 10.8. The standard InChI is InChI=1S/C9H8BrN2O4S/c10-6-2-1-3-7(8(6)9(14)12-11)17(15,16)5-4-13/h1-3H,5,11H2,(H,12,14). The van der Waals surface area contributed by atoms with Gasteiger partial charge in [0.15, 0.2) is 9.84 Å². The largest absolute Gasteiger partial charge is 0.290 e. The SMILES string of the molecule is NNC(=O)c1c(Br)cccc1S(=O)(=O)C[C]=O. The normalized spacial score (nSPS) is 10.9. The van der Waals surface area contributed by atoms with Crippen molar-refractivity contribution >= 4 is 38.0 Å². The molecule has 1 rings (SSSR count). The average Bonchev–Trinajstić information content (AvgIpc) is 2.27. The zero-order chi connectivity index (χ0) is 13.1. The van der Waals surface area contributed by atoms with Gasteiger partial charge in [-0.3, -0.25) is 15.0 Å². The first-order chi connectivity index (χ1) is 7.94. The topological polar surface area (TPSA) is 106 Å². The highest BCUT2D eigenvalue weighted by molar-refractivity contribution is 9.10. The molecule has 17 heavy (non-hydrogen) atoms.